The van der Waals surface area contributed by atoms with Gasteiger partial charge in [-0.3, -0.25) is 13.3 Å². The summed E-state index contributed by atoms with van der Waals surface area (Å²) in [5.74, 6) is -1.89. The third-order valence-corrected chi connectivity index (χ3v) is 8.51. The molecule has 2 saturated heterocycles. The molecule has 2 aliphatic heterocycles. The second kappa shape index (κ2) is 19.7. The van der Waals surface area contributed by atoms with Crippen molar-refractivity contribution in [3.05, 3.63) is 0 Å². The van der Waals surface area contributed by atoms with E-state index >= 15 is 0 Å². The maximum atomic E-state index is 12.2. The Kier molecular flexibility index (Phi) is 17.7. The fourth-order valence-electron chi connectivity index (χ4n) is 4.81. The van der Waals surface area contributed by atoms with E-state index in [1.54, 1.807) is 4.72 Å². The number of carboxylic acids is 1. The van der Waals surface area contributed by atoms with Gasteiger partial charge in [-0.25, -0.2) is 14.2 Å². The minimum atomic E-state index is -5.46. The molecule has 14 atom stereocenters. The lowest BCUT2D eigenvalue weighted by atomic mass is 9.93. The summed E-state index contributed by atoms with van der Waals surface area (Å²) in [6.07, 6.45) is -25.4. The van der Waals surface area contributed by atoms with Crippen molar-refractivity contribution >= 4 is 39.0 Å². The van der Waals surface area contributed by atoms with Crippen LogP contribution in [0.15, 0.2) is 0 Å². The Balaban J connectivity index is 2.37. The molecule has 0 bridgehead atoms. The lowest BCUT2D eigenvalue weighted by Gasteiger charge is -2.47. The molecule has 0 aromatic carbocycles. The number of rotatable bonds is 21. The van der Waals surface area contributed by atoms with Gasteiger partial charge in [-0.15, -0.1) is 4.33 Å². The number of aliphatic carboxylic acids is 1. The van der Waals surface area contributed by atoms with Crippen molar-refractivity contribution in [2.24, 2.45) is 0 Å². The van der Waals surface area contributed by atoms with Gasteiger partial charge in [0.05, 0.1) is 25.9 Å². The third-order valence-electron chi connectivity index (χ3n) is 7.12. The van der Waals surface area contributed by atoms with Crippen LogP contribution in [-0.4, -0.2) is 185 Å². The average molecular weight is 786 g/mol. The highest BCUT2D eigenvalue weighted by molar-refractivity contribution is 7.89. The molecule has 0 aliphatic carbocycles. The zero-order valence-corrected chi connectivity index (χ0v) is 27.8. The molecule has 0 spiro atoms. The second-order valence-corrected chi connectivity index (χ2v) is 13.2. The van der Waals surface area contributed by atoms with Crippen LogP contribution in [0.4, 0.5) is 0 Å². The van der Waals surface area contributed by atoms with E-state index in [0.29, 0.717) is 0 Å². The summed E-state index contributed by atoms with van der Waals surface area (Å²) in [5.41, 5.74) is 0. The van der Waals surface area contributed by atoms with E-state index in [0.717, 1.165) is 7.11 Å². The zero-order valence-electron chi connectivity index (χ0n) is 25.3. The van der Waals surface area contributed by atoms with E-state index in [1.165, 1.54) is 6.92 Å². The van der Waals surface area contributed by atoms with Crippen molar-refractivity contribution in [1.82, 2.24) is 4.72 Å². The van der Waals surface area contributed by atoms with E-state index in [9.17, 15) is 66.5 Å². The molecule has 2 fully saturated rings. The number of aliphatic hydroxyl groups excluding tert-OH is 6. The molecular weight excluding hydrogens is 746 g/mol. The highest BCUT2D eigenvalue weighted by atomic mass is 32.3. The molecule has 49 heavy (non-hydrogen) atoms. The van der Waals surface area contributed by atoms with Gasteiger partial charge in [0.15, 0.2) is 24.7 Å². The van der Waals surface area contributed by atoms with Crippen LogP contribution in [0.2, 0.25) is 0 Å². The number of carbonyl (C=O) groups is 1. The normalized spacial score (nSPS) is 33.9. The Morgan fingerprint density at radius 2 is 1.53 bits per heavy atom. The van der Waals surface area contributed by atoms with Crippen LogP contribution in [-0.2, 0) is 66.9 Å². The van der Waals surface area contributed by atoms with Gasteiger partial charge in [-0.05, 0) is 6.42 Å². The van der Waals surface area contributed by atoms with Crippen molar-refractivity contribution in [2.45, 2.75) is 98.9 Å². The van der Waals surface area contributed by atoms with Gasteiger partial charge >= 0.3 is 26.7 Å². The van der Waals surface area contributed by atoms with Crippen molar-refractivity contribution in [3.63, 3.8) is 0 Å². The fraction of sp³-hybridized carbons (Fsp3) is 0.952. The van der Waals surface area contributed by atoms with Crippen LogP contribution in [0.5, 0.6) is 0 Å². The number of carboxylic acid groups (broad SMARTS) is 1. The highest BCUT2D eigenvalue weighted by Gasteiger charge is 2.55. The van der Waals surface area contributed by atoms with Gasteiger partial charge < -0.3 is 59.4 Å². The summed E-state index contributed by atoms with van der Waals surface area (Å²) >= 11 is 0.0505. The second-order valence-electron chi connectivity index (χ2n) is 10.4. The number of aliphatic hydroxyl groups is 6. The Hall–Kier alpha value is -1.04. The lowest BCUT2D eigenvalue weighted by Crippen LogP contribution is -2.68. The molecule has 2 aliphatic rings. The molecule has 2 heterocycles. The predicted molar refractivity (Wildman–Crippen MR) is 151 cm³/mol. The van der Waals surface area contributed by atoms with Crippen LogP contribution in [0.1, 0.15) is 13.3 Å². The average Bonchev–Trinajstić information content (AvgIpc) is 3.01. The van der Waals surface area contributed by atoms with Gasteiger partial charge in [-0.2, -0.15) is 21.6 Å². The van der Waals surface area contributed by atoms with Crippen molar-refractivity contribution in [1.29, 1.82) is 0 Å². The summed E-state index contributed by atoms with van der Waals surface area (Å²) in [6, 6.07) is -2.04. The number of nitrogens with one attached hydrogen (secondary N) is 1. The zero-order chi connectivity index (χ0) is 37.3. The molecule has 290 valence electrons. The first-order valence-electron chi connectivity index (χ1n) is 13.8. The Morgan fingerprint density at radius 1 is 0.918 bits per heavy atom. The predicted octanol–water partition coefficient (Wildman–Crippen LogP) is -5.49. The maximum Gasteiger partial charge on any atom is 0.397 e. The number of hydrogen-bond donors (Lipinski definition) is 11. The van der Waals surface area contributed by atoms with E-state index in [1.807, 2.05) is 0 Å². The Morgan fingerprint density at radius 3 is 2.06 bits per heavy atom. The summed E-state index contributed by atoms with van der Waals surface area (Å²) in [6.45, 7) is -0.892. The molecule has 0 radical (unpaired) electrons. The SMILES string of the molecule is CCC(O)[C@@H](O)[C@@H](O)C(O)COC[C@@H]1OC(C(=O)O)[C@H](O[C@@H]2OC(COSOOO)[C@H](OC)[C@H](O)C2NS(=O)(=O)O)[C@H](O)C1OS(=O)(=O)O. The van der Waals surface area contributed by atoms with Crippen molar-refractivity contribution in [2.75, 3.05) is 26.9 Å². The number of ether oxygens (including phenoxy) is 5. The first-order chi connectivity index (χ1) is 22.8. The minimum absolute atomic E-state index is 0.00103. The third kappa shape index (κ3) is 13.2. The molecule has 2 rings (SSSR count). The lowest BCUT2D eigenvalue weighted by molar-refractivity contribution is -0.434. The van der Waals surface area contributed by atoms with Crippen LogP contribution in [0, 0.1) is 0 Å². The van der Waals surface area contributed by atoms with E-state index in [2.05, 4.69) is 13.6 Å². The number of hydrogen-bond acceptors (Lipinski definition) is 22. The van der Waals surface area contributed by atoms with Gasteiger partial charge in [0.2, 0.25) is 0 Å². The smallest absolute Gasteiger partial charge is 0.397 e. The van der Waals surface area contributed by atoms with Gasteiger partial charge in [0.25, 0.3) is 0 Å². The topological polar surface area (TPSA) is 383 Å². The Bertz CT molecular complexity index is 1230. The van der Waals surface area contributed by atoms with Crippen LogP contribution >= 0.6 is 12.3 Å². The Labute approximate surface area is 282 Å². The largest absolute Gasteiger partial charge is 0.479 e. The van der Waals surface area contributed by atoms with E-state index in [-0.39, 0.29) is 18.7 Å². The summed E-state index contributed by atoms with van der Waals surface area (Å²) < 4.78 is 107. The van der Waals surface area contributed by atoms with Gasteiger partial charge in [0.1, 0.15) is 67.1 Å². The molecule has 0 amide bonds. The monoisotopic (exact) mass is 785 g/mol. The summed E-state index contributed by atoms with van der Waals surface area (Å²) in [4.78, 5) is 12.2. The van der Waals surface area contributed by atoms with Gasteiger partial charge in [-0.1, -0.05) is 12.0 Å². The molecular formula is C21H39NO24S3. The van der Waals surface area contributed by atoms with E-state index in [4.69, 9.17) is 33.1 Å². The van der Waals surface area contributed by atoms with Gasteiger partial charge in [0, 0.05) is 7.11 Å². The van der Waals surface area contributed by atoms with E-state index < -0.39 is 132 Å². The first kappa shape index (κ1) is 44.1. The first-order valence-corrected chi connectivity index (χ1v) is 17.3. The molecule has 0 aromatic rings. The fourth-order valence-corrected chi connectivity index (χ4v) is 6.18. The molecule has 6 unspecified atom stereocenters. The van der Waals surface area contributed by atoms with Crippen molar-refractivity contribution in [3.8, 4) is 0 Å². The summed E-state index contributed by atoms with van der Waals surface area (Å²) in [7, 11) is -9.60. The molecule has 11 N–H and O–H groups in total. The summed E-state index contributed by atoms with van der Waals surface area (Å²) in [5, 5.41) is 83.2. The van der Waals surface area contributed by atoms with Crippen LogP contribution in [0.3, 0.4) is 0 Å². The standard InChI is InChI=1S/C21H39NO24S3/c1-3-7(23)12(25)13(26)8(24)4-39-5-9-17(44-49(35,36)37)15(28)18(19(41-9)20(29)30)43-21-11(22-48(32,33)34)14(27)16(38-2)10(42-21)6-40-47-46-45-31/h7-19,21-28,31H,3-6H2,1-2H3,(H,29,30)(H,32,33,34)(H,35,36,37)/t7?,8?,9-,10?,11?,12+,13-,14+,15+,16-,17?,18+,19?,21-/m0/s1. The number of methoxy groups -OCH3 is 1. The maximum absolute atomic E-state index is 12.2. The van der Waals surface area contributed by atoms with Crippen molar-refractivity contribution < 1.29 is 113 Å². The minimum Gasteiger partial charge on any atom is -0.479 e. The van der Waals surface area contributed by atoms with Crippen LogP contribution < -0.4 is 4.72 Å². The molecule has 0 aromatic heterocycles. The quantitative estimate of drug-likeness (QED) is 0.0170. The highest BCUT2D eigenvalue weighted by Crippen LogP contribution is 2.32. The van der Waals surface area contributed by atoms with Crippen LogP contribution in [0.25, 0.3) is 0 Å². The molecule has 25 nitrogen and oxygen atoms in total. The molecule has 28 heteroatoms. The molecule has 0 saturated carbocycles.